The van der Waals surface area contributed by atoms with Gasteiger partial charge in [-0.2, -0.15) is 0 Å². The van der Waals surface area contributed by atoms with Crippen LogP contribution in [-0.2, 0) is 11.3 Å². The molecule has 1 fully saturated rings. The Labute approximate surface area is 169 Å². The van der Waals surface area contributed by atoms with E-state index in [0.717, 1.165) is 27.4 Å². The Bertz CT molecular complexity index is 857. The number of amides is 4. The van der Waals surface area contributed by atoms with Gasteiger partial charge in [-0.15, -0.1) is 0 Å². The van der Waals surface area contributed by atoms with Gasteiger partial charge in [-0.25, -0.2) is 4.79 Å². The van der Waals surface area contributed by atoms with E-state index in [1.807, 2.05) is 31.2 Å². The highest BCUT2D eigenvalue weighted by Crippen LogP contribution is 2.23. The lowest BCUT2D eigenvalue weighted by atomic mass is 10.1. The van der Waals surface area contributed by atoms with Gasteiger partial charge in [0, 0.05) is 10.2 Å². The number of benzene rings is 2. The van der Waals surface area contributed by atoms with Crippen molar-refractivity contribution in [2.24, 2.45) is 0 Å². The zero-order valence-electron chi connectivity index (χ0n) is 14.6. The third-order valence-electron chi connectivity index (χ3n) is 4.11. The van der Waals surface area contributed by atoms with Crippen LogP contribution in [0.1, 0.15) is 24.1 Å². The van der Waals surface area contributed by atoms with Crippen molar-refractivity contribution in [1.29, 1.82) is 0 Å². The molecule has 1 saturated heterocycles. The summed E-state index contributed by atoms with van der Waals surface area (Å²) in [7, 11) is 0. The van der Waals surface area contributed by atoms with Gasteiger partial charge in [0.15, 0.2) is 0 Å². The van der Waals surface area contributed by atoms with Crippen LogP contribution in [0, 0.1) is 0 Å². The van der Waals surface area contributed by atoms with E-state index in [4.69, 9.17) is 0 Å². The van der Waals surface area contributed by atoms with E-state index in [-0.39, 0.29) is 35.5 Å². The summed E-state index contributed by atoms with van der Waals surface area (Å²) in [6.07, 6.45) is 0. The zero-order valence-corrected chi connectivity index (χ0v) is 17.0. The van der Waals surface area contributed by atoms with Crippen molar-refractivity contribution < 1.29 is 14.4 Å². The van der Waals surface area contributed by atoms with Gasteiger partial charge >= 0.3 is 6.03 Å². The third kappa shape index (κ3) is 4.90. The summed E-state index contributed by atoms with van der Waals surface area (Å²) in [5.74, 6) is 0.0293. The normalized spacial score (nSPS) is 15.0. The highest BCUT2D eigenvalue weighted by molar-refractivity contribution is 9.10. The number of carbonyl (C=O) groups is 3. The highest BCUT2D eigenvalue weighted by atomic mass is 79.9. The minimum absolute atomic E-state index is 0.162. The number of halogens is 1. The number of urea groups is 1. The molecule has 2 aromatic rings. The number of carbonyl (C=O) groups excluding carboxylic acids is 3. The molecule has 1 unspecified atom stereocenters. The number of imide groups is 1. The molecule has 1 atom stereocenters. The van der Waals surface area contributed by atoms with Gasteiger partial charge in [-0.1, -0.05) is 58.0 Å². The van der Waals surface area contributed by atoms with E-state index in [2.05, 4.69) is 26.6 Å². The summed E-state index contributed by atoms with van der Waals surface area (Å²) < 4.78 is 0.936. The number of anilines is 1. The van der Waals surface area contributed by atoms with Crippen LogP contribution in [0.2, 0.25) is 0 Å². The fourth-order valence-electron chi connectivity index (χ4n) is 2.68. The quantitative estimate of drug-likeness (QED) is 0.705. The SMILES string of the molecule is CC(NC(=O)Nc1ccc(CN2C(=O)CSC2=O)cc1)c1ccccc1Br. The summed E-state index contributed by atoms with van der Waals surface area (Å²) in [4.78, 5) is 36.8. The molecule has 0 aliphatic carbocycles. The molecular weight excluding hydrogens is 430 g/mol. The average molecular weight is 448 g/mol. The first kappa shape index (κ1) is 19.4. The Kier molecular flexibility index (Phi) is 6.18. The maximum Gasteiger partial charge on any atom is 0.319 e. The molecule has 0 aromatic heterocycles. The summed E-state index contributed by atoms with van der Waals surface area (Å²) in [6, 6.07) is 14.3. The number of hydrogen-bond acceptors (Lipinski definition) is 4. The number of nitrogens with zero attached hydrogens (tertiary/aromatic N) is 1. The second-order valence-corrected chi connectivity index (χ2v) is 7.85. The predicted octanol–water partition coefficient (Wildman–Crippen LogP) is 4.53. The van der Waals surface area contributed by atoms with Gasteiger partial charge < -0.3 is 10.6 Å². The molecule has 1 heterocycles. The number of nitrogens with one attached hydrogen (secondary N) is 2. The van der Waals surface area contributed by atoms with Gasteiger partial charge in [-0.05, 0) is 36.2 Å². The second-order valence-electron chi connectivity index (χ2n) is 6.07. The first-order valence-corrected chi connectivity index (χ1v) is 10.1. The fourth-order valence-corrected chi connectivity index (χ4v) is 4.03. The predicted molar refractivity (Wildman–Crippen MR) is 110 cm³/mol. The molecule has 2 N–H and O–H groups in total. The molecule has 2 aromatic carbocycles. The molecule has 3 rings (SSSR count). The first-order chi connectivity index (χ1) is 12.9. The van der Waals surface area contributed by atoms with E-state index in [1.54, 1.807) is 24.3 Å². The molecule has 140 valence electrons. The number of rotatable bonds is 5. The molecule has 0 spiro atoms. The van der Waals surface area contributed by atoms with E-state index in [1.165, 1.54) is 4.90 Å². The fraction of sp³-hybridized carbons (Fsp3) is 0.211. The van der Waals surface area contributed by atoms with Crippen molar-refractivity contribution in [3.63, 3.8) is 0 Å². The Morgan fingerprint density at radius 1 is 1.19 bits per heavy atom. The van der Waals surface area contributed by atoms with Crippen molar-refractivity contribution in [1.82, 2.24) is 10.2 Å². The maximum absolute atomic E-state index is 12.2. The molecule has 0 saturated carbocycles. The molecule has 1 aliphatic rings. The smallest absolute Gasteiger partial charge is 0.319 e. The van der Waals surface area contributed by atoms with E-state index >= 15 is 0 Å². The topological polar surface area (TPSA) is 78.5 Å². The summed E-state index contributed by atoms with van der Waals surface area (Å²) in [6.45, 7) is 2.15. The lowest BCUT2D eigenvalue weighted by molar-refractivity contribution is -0.125. The summed E-state index contributed by atoms with van der Waals surface area (Å²) >= 11 is 4.50. The zero-order chi connectivity index (χ0) is 19.4. The molecule has 8 heteroatoms. The van der Waals surface area contributed by atoms with Crippen LogP contribution in [0.5, 0.6) is 0 Å². The van der Waals surface area contributed by atoms with E-state index < -0.39 is 0 Å². The maximum atomic E-state index is 12.2. The lowest BCUT2D eigenvalue weighted by Gasteiger charge is -2.17. The summed E-state index contributed by atoms with van der Waals surface area (Å²) in [5, 5.41) is 5.45. The number of thioether (sulfide) groups is 1. The second kappa shape index (κ2) is 8.58. The standard InChI is InChI=1S/C19H18BrN3O3S/c1-12(15-4-2-3-5-16(15)20)21-18(25)22-14-8-6-13(7-9-14)10-23-17(24)11-27-19(23)26/h2-9,12H,10-11H2,1H3,(H2,21,22,25). The van der Waals surface area contributed by atoms with Crippen molar-refractivity contribution in [2.45, 2.75) is 19.5 Å². The van der Waals surface area contributed by atoms with E-state index in [0.29, 0.717) is 5.69 Å². The molecular formula is C19H18BrN3O3S. The average Bonchev–Trinajstić information content (AvgIpc) is 2.95. The molecule has 6 nitrogen and oxygen atoms in total. The number of hydrogen-bond donors (Lipinski definition) is 2. The van der Waals surface area contributed by atoms with Gasteiger partial charge in [-0.3, -0.25) is 14.5 Å². The van der Waals surface area contributed by atoms with Gasteiger partial charge in [0.25, 0.3) is 5.24 Å². The van der Waals surface area contributed by atoms with Crippen LogP contribution in [0.3, 0.4) is 0 Å². The highest BCUT2D eigenvalue weighted by Gasteiger charge is 2.29. The van der Waals surface area contributed by atoms with E-state index in [9.17, 15) is 14.4 Å². The Morgan fingerprint density at radius 3 is 2.52 bits per heavy atom. The molecule has 1 aliphatic heterocycles. The van der Waals surface area contributed by atoms with Crippen LogP contribution in [-0.4, -0.2) is 27.8 Å². The van der Waals surface area contributed by atoms with Crippen molar-refractivity contribution in [2.75, 3.05) is 11.1 Å². The Hall–Kier alpha value is -2.32. The Balaban J connectivity index is 1.56. The minimum Gasteiger partial charge on any atom is -0.331 e. The lowest BCUT2D eigenvalue weighted by Crippen LogP contribution is -2.31. The first-order valence-electron chi connectivity index (χ1n) is 8.32. The molecule has 0 radical (unpaired) electrons. The van der Waals surface area contributed by atoms with Gasteiger partial charge in [0.1, 0.15) is 0 Å². The molecule has 4 amide bonds. The van der Waals surface area contributed by atoms with Crippen LogP contribution >= 0.6 is 27.7 Å². The van der Waals surface area contributed by atoms with Crippen LogP contribution in [0.15, 0.2) is 53.0 Å². The van der Waals surface area contributed by atoms with Gasteiger partial charge in [0.2, 0.25) is 5.91 Å². The van der Waals surface area contributed by atoms with Crippen molar-refractivity contribution >= 4 is 50.6 Å². The third-order valence-corrected chi connectivity index (χ3v) is 5.69. The van der Waals surface area contributed by atoms with Crippen LogP contribution in [0.25, 0.3) is 0 Å². The Morgan fingerprint density at radius 2 is 1.89 bits per heavy atom. The van der Waals surface area contributed by atoms with Crippen LogP contribution < -0.4 is 10.6 Å². The minimum atomic E-state index is -0.313. The van der Waals surface area contributed by atoms with Crippen molar-refractivity contribution in [3.05, 3.63) is 64.1 Å². The monoisotopic (exact) mass is 447 g/mol. The van der Waals surface area contributed by atoms with Crippen molar-refractivity contribution in [3.8, 4) is 0 Å². The largest absolute Gasteiger partial charge is 0.331 e. The van der Waals surface area contributed by atoms with Crippen LogP contribution in [0.4, 0.5) is 15.3 Å². The summed E-state index contributed by atoms with van der Waals surface area (Å²) in [5.41, 5.74) is 2.44. The van der Waals surface area contributed by atoms with Gasteiger partial charge in [0.05, 0.1) is 18.3 Å². The molecule has 27 heavy (non-hydrogen) atoms. The molecule has 0 bridgehead atoms.